The summed E-state index contributed by atoms with van der Waals surface area (Å²) >= 11 is 3.59. The van der Waals surface area contributed by atoms with E-state index in [1.165, 1.54) is 43.0 Å². The van der Waals surface area contributed by atoms with Gasteiger partial charge in [-0.3, -0.25) is 0 Å². The van der Waals surface area contributed by atoms with Gasteiger partial charge in [-0.15, -0.1) is 0 Å². The van der Waals surface area contributed by atoms with Gasteiger partial charge in [-0.1, -0.05) is 41.8 Å². The highest BCUT2D eigenvalue weighted by atomic mass is 79.9. The van der Waals surface area contributed by atoms with Gasteiger partial charge in [0.1, 0.15) is 0 Å². The van der Waals surface area contributed by atoms with E-state index in [0.29, 0.717) is 5.41 Å². The van der Waals surface area contributed by atoms with E-state index in [1.54, 1.807) is 11.1 Å². The van der Waals surface area contributed by atoms with Crippen LogP contribution >= 0.6 is 15.9 Å². The van der Waals surface area contributed by atoms with Gasteiger partial charge in [-0.2, -0.15) is 0 Å². The highest BCUT2D eigenvalue weighted by molar-refractivity contribution is 9.10. The quantitative estimate of drug-likeness (QED) is 0.643. The van der Waals surface area contributed by atoms with Crippen molar-refractivity contribution in [1.29, 1.82) is 0 Å². The molecule has 0 heterocycles. The van der Waals surface area contributed by atoms with Crippen LogP contribution in [-0.4, -0.2) is 0 Å². The third kappa shape index (κ3) is 1.84. The van der Waals surface area contributed by atoms with Crippen molar-refractivity contribution in [2.75, 3.05) is 0 Å². The van der Waals surface area contributed by atoms with Crippen molar-refractivity contribution in [3.8, 4) is 0 Å². The molecule has 0 amide bonds. The van der Waals surface area contributed by atoms with E-state index in [4.69, 9.17) is 0 Å². The first kappa shape index (κ1) is 10.8. The van der Waals surface area contributed by atoms with Crippen LogP contribution in [0.1, 0.15) is 43.7 Å². The molecule has 2 aliphatic carbocycles. The van der Waals surface area contributed by atoms with Crippen LogP contribution in [0.5, 0.6) is 0 Å². The minimum absolute atomic E-state index is 0.626. The summed E-state index contributed by atoms with van der Waals surface area (Å²) in [7, 11) is 0. The molecule has 0 nitrogen and oxygen atoms in total. The second-order valence-corrected chi connectivity index (χ2v) is 6.88. The smallest absolute Gasteiger partial charge is 0.0178 e. The van der Waals surface area contributed by atoms with Gasteiger partial charge in [0.15, 0.2) is 0 Å². The number of benzene rings is 1. The molecule has 1 spiro atoms. The first-order chi connectivity index (χ1) is 7.67. The van der Waals surface area contributed by atoms with E-state index >= 15 is 0 Å². The fourth-order valence-corrected chi connectivity index (χ4v) is 4.30. The molecule has 0 aromatic heterocycles. The Kier molecular flexibility index (Phi) is 2.62. The van der Waals surface area contributed by atoms with E-state index < -0.39 is 0 Å². The van der Waals surface area contributed by atoms with Gasteiger partial charge in [-0.05, 0) is 60.3 Å². The van der Waals surface area contributed by atoms with Crippen molar-refractivity contribution in [2.45, 2.75) is 45.4 Å². The Balaban J connectivity index is 1.88. The van der Waals surface area contributed by atoms with Gasteiger partial charge < -0.3 is 0 Å². The summed E-state index contributed by atoms with van der Waals surface area (Å²) in [6.07, 6.45) is 8.44. The summed E-state index contributed by atoms with van der Waals surface area (Å²) in [6.45, 7) is 2.43. The highest BCUT2D eigenvalue weighted by Gasteiger charge is 2.39. The van der Waals surface area contributed by atoms with Gasteiger partial charge in [0, 0.05) is 4.47 Å². The lowest BCUT2D eigenvalue weighted by atomic mass is 9.68. The van der Waals surface area contributed by atoms with Crippen molar-refractivity contribution in [1.82, 2.24) is 0 Å². The molecular formula is C15H19Br. The second kappa shape index (κ2) is 3.87. The molecule has 2 aliphatic rings. The van der Waals surface area contributed by atoms with Crippen molar-refractivity contribution in [2.24, 2.45) is 11.3 Å². The Labute approximate surface area is 107 Å². The maximum Gasteiger partial charge on any atom is 0.0178 e. The molecule has 0 aliphatic heterocycles. The van der Waals surface area contributed by atoms with Crippen LogP contribution in [-0.2, 0) is 12.8 Å². The van der Waals surface area contributed by atoms with E-state index in [2.05, 4.69) is 41.1 Å². The average Bonchev–Trinajstić information content (AvgIpc) is 2.54. The third-order valence-electron chi connectivity index (χ3n) is 4.48. The molecule has 3 rings (SSSR count). The summed E-state index contributed by atoms with van der Waals surface area (Å²) in [5.74, 6) is 0.937. The van der Waals surface area contributed by atoms with Gasteiger partial charge >= 0.3 is 0 Å². The minimum atomic E-state index is 0.626. The van der Waals surface area contributed by atoms with E-state index in [0.717, 1.165) is 5.92 Å². The van der Waals surface area contributed by atoms with Crippen LogP contribution in [0.25, 0.3) is 0 Å². The SMILES string of the molecule is C[C@H]1CCC[C@@]2(Cc3ccc(Br)cc3C2)C1. The Bertz CT molecular complexity index is 410. The van der Waals surface area contributed by atoms with Crippen molar-refractivity contribution >= 4 is 15.9 Å². The normalized spacial score (nSPS) is 33.0. The van der Waals surface area contributed by atoms with Gasteiger partial charge in [-0.25, -0.2) is 0 Å². The van der Waals surface area contributed by atoms with Crippen molar-refractivity contribution in [3.63, 3.8) is 0 Å². The minimum Gasteiger partial charge on any atom is -0.0625 e. The van der Waals surface area contributed by atoms with Crippen LogP contribution in [0.4, 0.5) is 0 Å². The predicted molar refractivity (Wildman–Crippen MR) is 71.6 cm³/mol. The van der Waals surface area contributed by atoms with Crippen LogP contribution < -0.4 is 0 Å². The summed E-state index contributed by atoms with van der Waals surface area (Å²) < 4.78 is 1.24. The van der Waals surface area contributed by atoms with Crippen molar-refractivity contribution in [3.05, 3.63) is 33.8 Å². The molecular weight excluding hydrogens is 260 g/mol. The summed E-state index contributed by atoms with van der Waals surface area (Å²) in [6, 6.07) is 6.86. The van der Waals surface area contributed by atoms with Crippen molar-refractivity contribution < 1.29 is 0 Å². The van der Waals surface area contributed by atoms with Crippen LogP contribution in [0.15, 0.2) is 22.7 Å². The molecule has 1 heteroatoms. The van der Waals surface area contributed by atoms with Crippen LogP contribution in [0.3, 0.4) is 0 Å². The molecule has 0 bridgehead atoms. The van der Waals surface area contributed by atoms with Crippen LogP contribution in [0.2, 0.25) is 0 Å². The standard InChI is InChI=1S/C15H19Br/c1-11-3-2-6-15(8-11)9-12-4-5-14(16)7-13(12)10-15/h4-5,7,11H,2-3,6,8-10H2,1H3/t11-,15-/m0/s1. The molecule has 2 atom stereocenters. The van der Waals surface area contributed by atoms with Gasteiger partial charge in [0.25, 0.3) is 0 Å². The zero-order valence-corrected chi connectivity index (χ0v) is 11.5. The fraction of sp³-hybridized carbons (Fsp3) is 0.600. The molecule has 0 unspecified atom stereocenters. The zero-order chi connectivity index (χ0) is 11.2. The first-order valence-electron chi connectivity index (χ1n) is 6.44. The first-order valence-corrected chi connectivity index (χ1v) is 7.24. The molecule has 1 aromatic carbocycles. The predicted octanol–water partition coefficient (Wildman–Crippen LogP) is 4.74. The molecule has 0 N–H and O–H groups in total. The molecule has 0 saturated heterocycles. The third-order valence-corrected chi connectivity index (χ3v) is 4.98. The zero-order valence-electron chi connectivity index (χ0n) is 9.93. The van der Waals surface area contributed by atoms with E-state index in [1.807, 2.05) is 0 Å². The Hall–Kier alpha value is -0.300. The summed E-state index contributed by atoms with van der Waals surface area (Å²) in [4.78, 5) is 0. The van der Waals surface area contributed by atoms with Gasteiger partial charge in [0.2, 0.25) is 0 Å². The number of hydrogen-bond donors (Lipinski definition) is 0. The number of rotatable bonds is 0. The highest BCUT2D eigenvalue weighted by Crippen LogP contribution is 2.49. The molecule has 16 heavy (non-hydrogen) atoms. The molecule has 1 saturated carbocycles. The Morgan fingerprint density at radius 1 is 1.25 bits per heavy atom. The van der Waals surface area contributed by atoms with E-state index in [9.17, 15) is 0 Å². The number of fused-ring (bicyclic) bond motifs is 1. The summed E-state index contributed by atoms with van der Waals surface area (Å²) in [5.41, 5.74) is 3.83. The summed E-state index contributed by atoms with van der Waals surface area (Å²) in [5, 5.41) is 0. The maximum atomic E-state index is 3.59. The fourth-order valence-electron chi connectivity index (χ4n) is 3.89. The number of halogens is 1. The lowest BCUT2D eigenvalue weighted by Crippen LogP contribution is -2.28. The molecule has 1 fully saturated rings. The molecule has 1 aromatic rings. The topological polar surface area (TPSA) is 0 Å². The van der Waals surface area contributed by atoms with Gasteiger partial charge in [0.05, 0.1) is 0 Å². The lowest BCUT2D eigenvalue weighted by molar-refractivity contribution is 0.157. The van der Waals surface area contributed by atoms with E-state index in [-0.39, 0.29) is 0 Å². The monoisotopic (exact) mass is 278 g/mol. The molecule has 86 valence electrons. The average molecular weight is 279 g/mol. The molecule has 0 radical (unpaired) electrons. The largest absolute Gasteiger partial charge is 0.0625 e. The Morgan fingerprint density at radius 2 is 2.06 bits per heavy atom. The Morgan fingerprint density at radius 3 is 2.88 bits per heavy atom. The lowest BCUT2D eigenvalue weighted by Gasteiger charge is -2.36. The van der Waals surface area contributed by atoms with Crippen LogP contribution in [0, 0.1) is 11.3 Å². The number of hydrogen-bond acceptors (Lipinski definition) is 0. The second-order valence-electron chi connectivity index (χ2n) is 5.97. The maximum absolute atomic E-state index is 3.59.